The maximum atomic E-state index is 10.5. The molecule has 2 heterocycles. The number of rotatable bonds is 4. The molecule has 1 aliphatic carbocycles. The van der Waals surface area contributed by atoms with E-state index in [1.807, 2.05) is 0 Å². The highest BCUT2D eigenvalue weighted by Crippen LogP contribution is 2.30. The summed E-state index contributed by atoms with van der Waals surface area (Å²) in [5, 5.41) is 30.7. The lowest BCUT2D eigenvalue weighted by Gasteiger charge is -2.46. The summed E-state index contributed by atoms with van der Waals surface area (Å²) in [6.45, 7) is 1.62. The van der Waals surface area contributed by atoms with Crippen LogP contribution >= 0.6 is 0 Å². The van der Waals surface area contributed by atoms with E-state index in [2.05, 4.69) is 0 Å². The van der Waals surface area contributed by atoms with Crippen molar-refractivity contribution in [2.45, 2.75) is 106 Å². The summed E-state index contributed by atoms with van der Waals surface area (Å²) >= 11 is 0. The van der Waals surface area contributed by atoms with E-state index in [0.29, 0.717) is 12.8 Å². The summed E-state index contributed by atoms with van der Waals surface area (Å²) in [6.07, 6.45) is -6.42. The van der Waals surface area contributed by atoms with Gasteiger partial charge >= 0.3 is 0 Å². The van der Waals surface area contributed by atoms with E-state index >= 15 is 0 Å². The lowest BCUT2D eigenvalue weighted by molar-refractivity contribution is -0.296. The number of hydrogen-bond acceptors (Lipinski definition) is 12. The molecule has 3 fully saturated rings. The first-order valence-electron chi connectivity index (χ1n) is 10.0. The highest BCUT2D eigenvalue weighted by molar-refractivity contribution is 5.00. The van der Waals surface area contributed by atoms with Crippen LogP contribution in [0.15, 0.2) is 0 Å². The highest BCUT2D eigenvalue weighted by atomic mass is 16.7. The number of aliphatic hydroxyl groups is 3. The van der Waals surface area contributed by atoms with E-state index in [0.717, 1.165) is 0 Å². The van der Waals surface area contributed by atoms with Crippen molar-refractivity contribution in [1.29, 1.82) is 0 Å². The van der Waals surface area contributed by atoms with Crippen LogP contribution in [0.4, 0.5) is 0 Å². The minimum Gasteiger partial charge on any atom is -0.390 e. The number of aliphatic hydroxyl groups excluding tert-OH is 3. The van der Waals surface area contributed by atoms with Gasteiger partial charge in [-0.2, -0.15) is 0 Å². The number of nitrogens with two attached hydrogens (primary N) is 5. The number of hydrogen-bond donors (Lipinski definition) is 8. The molecular formula is C17H35N5O7. The second kappa shape index (κ2) is 9.34. The fraction of sp³-hybridized carbons (Fsp3) is 1.00. The summed E-state index contributed by atoms with van der Waals surface area (Å²) in [6, 6.07) is -2.96. The Kier molecular flexibility index (Phi) is 7.47. The van der Waals surface area contributed by atoms with Crippen LogP contribution in [-0.2, 0) is 18.9 Å². The van der Waals surface area contributed by atoms with E-state index in [-0.39, 0.29) is 12.5 Å². The summed E-state index contributed by atoms with van der Waals surface area (Å²) in [5.41, 5.74) is 30.0. The van der Waals surface area contributed by atoms with E-state index in [1.54, 1.807) is 6.92 Å². The molecule has 1 saturated carbocycles. The lowest BCUT2D eigenvalue weighted by Crippen LogP contribution is -2.67. The van der Waals surface area contributed by atoms with Crippen LogP contribution in [0.25, 0.3) is 0 Å². The van der Waals surface area contributed by atoms with Crippen LogP contribution in [-0.4, -0.2) is 94.9 Å². The minimum absolute atomic E-state index is 0.208. The maximum Gasteiger partial charge on any atom is 0.185 e. The van der Waals surface area contributed by atoms with Crippen LogP contribution in [0.2, 0.25) is 0 Å². The zero-order chi connectivity index (χ0) is 21.5. The molecule has 0 bridgehead atoms. The summed E-state index contributed by atoms with van der Waals surface area (Å²) in [5.74, 6) is 0. The van der Waals surface area contributed by atoms with Crippen molar-refractivity contribution in [1.82, 2.24) is 0 Å². The second-order valence-electron chi connectivity index (χ2n) is 8.28. The summed E-state index contributed by atoms with van der Waals surface area (Å²) < 4.78 is 22.9. The molecule has 12 heteroatoms. The van der Waals surface area contributed by atoms with Crippen molar-refractivity contribution in [3.63, 3.8) is 0 Å². The molecule has 2 saturated heterocycles. The highest BCUT2D eigenvalue weighted by Gasteiger charge is 2.48. The van der Waals surface area contributed by atoms with Crippen LogP contribution in [0.3, 0.4) is 0 Å². The van der Waals surface area contributed by atoms with Crippen LogP contribution in [0.5, 0.6) is 0 Å². The Morgan fingerprint density at radius 2 is 1.31 bits per heavy atom. The van der Waals surface area contributed by atoms with Crippen molar-refractivity contribution in [3.8, 4) is 0 Å². The first-order valence-corrected chi connectivity index (χ1v) is 10.0. The molecule has 0 radical (unpaired) electrons. The van der Waals surface area contributed by atoms with Gasteiger partial charge in [-0.05, 0) is 19.8 Å². The van der Waals surface area contributed by atoms with Crippen molar-refractivity contribution < 1.29 is 34.3 Å². The monoisotopic (exact) mass is 421 g/mol. The van der Waals surface area contributed by atoms with Crippen molar-refractivity contribution in [2.24, 2.45) is 28.7 Å². The Balaban J connectivity index is 1.67. The SMILES string of the molecule is CC1OC(OC2CC(OC3OC(N)CCC3N)C(N)C(O)C2N)C(O)C(N)C1O. The Morgan fingerprint density at radius 3 is 1.93 bits per heavy atom. The van der Waals surface area contributed by atoms with Gasteiger partial charge < -0.3 is 62.9 Å². The van der Waals surface area contributed by atoms with Gasteiger partial charge in [0.15, 0.2) is 12.6 Å². The predicted octanol–water partition coefficient (Wildman–Crippen LogP) is -4.28. The molecule has 0 amide bonds. The standard InChI is InChI=1S/C17H35N5O7/c1-5-13(23)12(22)15(25)17(26-5)28-8-4-7(10(20)14(24)11(8)21)27-16-6(18)2-3-9(19)29-16/h5-17,23-25H,2-4,18-22H2,1H3. The molecule has 3 aliphatic rings. The van der Waals surface area contributed by atoms with Crippen LogP contribution < -0.4 is 28.7 Å². The Hall–Kier alpha value is -0.480. The van der Waals surface area contributed by atoms with Gasteiger partial charge in [-0.1, -0.05) is 0 Å². The Bertz CT molecular complexity index is 548. The normalized spacial score (nSPS) is 54.3. The van der Waals surface area contributed by atoms with E-state index in [9.17, 15) is 15.3 Å². The van der Waals surface area contributed by atoms with Gasteiger partial charge in [0.2, 0.25) is 0 Å². The fourth-order valence-electron chi connectivity index (χ4n) is 4.03. The molecule has 13 N–H and O–H groups in total. The molecule has 13 unspecified atom stereocenters. The van der Waals surface area contributed by atoms with Crippen molar-refractivity contribution in [3.05, 3.63) is 0 Å². The predicted molar refractivity (Wildman–Crippen MR) is 101 cm³/mol. The molecule has 29 heavy (non-hydrogen) atoms. The molecule has 3 rings (SSSR count). The lowest BCUT2D eigenvalue weighted by atomic mass is 9.84. The first-order chi connectivity index (χ1) is 13.6. The topological polar surface area (TPSA) is 228 Å². The van der Waals surface area contributed by atoms with E-state index in [4.69, 9.17) is 47.6 Å². The molecule has 170 valence electrons. The van der Waals surface area contributed by atoms with Gasteiger partial charge in [-0.3, -0.25) is 0 Å². The zero-order valence-electron chi connectivity index (χ0n) is 16.5. The van der Waals surface area contributed by atoms with Gasteiger partial charge in [0, 0.05) is 6.42 Å². The zero-order valence-corrected chi connectivity index (χ0v) is 16.5. The molecule has 0 aromatic heterocycles. The average Bonchev–Trinajstić information content (AvgIpc) is 2.68. The quantitative estimate of drug-likeness (QED) is 0.216. The van der Waals surface area contributed by atoms with Crippen LogP contribution in [0.1, 0.15) is 26.2 Å². The van der Waals surface area contributed by atoms with Gasteiger partial charge in [-0.25, -0.2) is 0 Å². The Labute approximate surface area is 169 Å². The van der Waals surface area contributed by atoms with Gasteiger partial charge in [0.25, 0.3) is 0 Å². The van der Waals surface area contributed by atoms with Gasteiger partial charge in [0.1, 0.15) is 12.3 Å². The smallest absolute Gasteiger partial charge is 0.185 e. The fourth-order valence-corrected chi connectivity index (χ4v) is 4.03. The van der Waals surface area contributed by atoms with Gasteiger partial charge in [-0.15, -0.1) is 0 Å². The average molecular weight is 421 g/mol. The largest absolute Gasteiger partial charge is 0.390 e. The molecule has 0 aromatic rings. The third-order valence-electron chi connectivity index (χ3n) is 6.07. The second-order valence-corrected chi connectivity index (χ2v) is 8.28. The van der Waals surface area contributed by atoms with E-state index in [1.165, 1.54) is 0 Å². The molecule has 0 aromatic carbocycles. The molecule has 13 atom stereocenters. The molecule has 12 nitrogen and oxygen atoms in total. The summed E-state index contributed by atoms with van der Waals surface area (Å²) in [4.78, 5) is 0. The third kappa shape index (κ3) is 4.89. The third-order valence-corrected chi connectivity index (χ3v) is 6.07. The van der Waals surface area contributed by atoms with Gasteiger partial charge in [0.05, 0.1) is 54.7 Å². The van der Waals surface area contributed by atoms with Crippen molar-refractivity contribution in [2.75, 3.05) is 0 Å². The molecular weight excluding hydrogens is 386 g/mol. The number of ether oxygens (including phenoxy) is 4. The first kappa shape index (κ1) is 23.2. The minimum atomic E-state index is -1.27. The van der Waals surface area contributed by atoms with E-state index < -0.39 is 73.6 Å². The molecule has 0 spiro atoms. The maximum absolute atomic E-state index is 10.5. The van der Waals surface area contributed by atoms with Crippen molar-refractivity contribution >= 4 is 0 Å². The Morgan fingerprint density at radius 1 is 0.724 bits per heavy atom. The van der Waals surface area contributed by atoms with Crippen LogP contribution in [0, 0.1) is 0 Å². The summed E-state index contributed by atoms with van der Waals surface area (Å²) in [7, 11) is 0. The molecule has 2 aliphatic heterocycles.